The lowest BCUT2D eigenvalue weighted by Gasteiger charge is -2.24. The highest BCUT2D eigenvalue weighted by atomic mass is 32.2. The van der Waals surface area contributed by atoms with Crippen molar-refractivity contribution in [2.24, 2.45) is 0 Å². The molecular formula is C22H23N3O5S. The lowest BCUT2D eigenvalue weighted by Crippen LogP contribution is -2.43. The molecule has 1 unspecified atom stereocenters. The highest BCUT2D eigenvalue weighted by Gasteiger charge is 2.40. The van der Waals surface area contributed by atoms with Crippen molar-refractivity contribution in [3.05, 3.63) is 54.7 Å². The second-order valence-corrected chi connectivity index (χ2v) is 9.05. The number of aromatic nitrogens is 1. The molecule has 1 aliphatic heterocycles. The van der Waals surface area contributed by atoms with Gasteiger partial charge in [0.15, 0.2) is 0 Å². The second kappa shape index (κ2) is 8.52. The third kappa shape index (κ3) is 4.06. The van der Waals surface area contributed by atoms with Crippen LogP contribution in [0.5, 0.6) is 11.5 Å². The predicted octanol–water partition coefficient (Wildman–Crippen LogP) is 3.04. The smallest absolute Gasteiger partial charge is 0.245 e. The van der Waals surface area contributed by atoms with Gasteiger partial charge in [-0.2, -0.15) is 4.31 Å². The average Bonchev–Trinajstić information content (AvgIpc) is 3.29. The number of methoxy groups -OCH3 is 2. The van der Waals surface area contributed by atoms with Gasteiger partial charge in [0.05, 0.1) is 19.7 Å². The molecule has 1 amide bonds. The van der Waals surface area contributed by atoms with E-state index in [1.807, 2.05) is 12.1 Å². The fourth-order valence-corrected chi connectivity index (χ4v) is 5.63. The number of nitrogens with one attached hydrogen (secondary N) is 1. The molecule has 1 fully saturated rings. The number of fused-ring (bicyclic) bond motifs is 1. The molecule has 0 saturated carbocycles. The molecule has 2 aromatic carbocycles. The molecule has 0 spiro atoms. The molecule has 1 aromatic heterocycles. The minimum atomic E-state index is -3.92. The number of benzene rings is 2. The molecule has 1 atom stereocenters. The number of para-hydroxylation sites is 1. The maximum atomic E-state index is 13.5. The first-order valence-corrected chi connectivity index (χ1v) is 11.3. The Labute approximate surface area is 180 Å². The van der Waals surface area contributed by atoms with Gasteiger partial charge in [-0.1, -0.05) is 18.2 Å². The van der Waals surface area contributed by atoms with Crippen LogP contribution in [0, 0.1) is 0 Å². The van der Waals surface area contributed by atoms with E-state index in [1.54, 1.807) is 36.5 Å². The number of ether oxygens (including phenoxy) is 2. The van der Waals surface area contributed by atoms with Crippen LogP contribution in [-0.4, -0.2) is 50.4 Å². The maximum Gasteiger partial charge on any atom is 0.245 e. The average molecular weight is 442 g/mol. The normalized spacial score (nSPS) is 16.9. The van der Waals surface area contributed by atoms with E-state index in [1.165, 1.54) is 24.6 Å². The fourth-order valence-electron chi connectivity index (χ4n) is 3.81. The number of hydrogen-bond acceptors (Lipinski definition) is 6. The van der Waals surface area contributed by atoms with Gasteiger partial charge >= 0.3 is 0 Å². The fraction of sp³-hybridized carbons (Fsp3) is 0.273. The molecule has 31 heavy (non-hydrogen) atoms. The minimum Gasteiger partial charge on any atom is -0.497 e. The van der Waals surface area contributed by atoms with Crippen LogP contribution in [0.15, 0.2) is 59.6 Å². The van der Waals surface area contributed by atoms with E-state index in [9.17, 15) is 13.2 Å². The first-order chi connectivity index (χ1) is 14.9. The summed E-state index contributed by atoms with van der Waals surface area (Å²) in [7, 11) is -0.881. The number of amides is 1. The third-order valence-corrected chi connectivity index (χ3v) is 7.25. The number of carbonyl (C=O) groups excluding carboxylic acids is 1. The number of carbonyl (C=O) groups is 1. The van der Waals surface area contributed by atoms with Crippen molar-refractivity contribution in [1.82, 2.24) is 9.29 Å². The molecular weight excluding hydrogens is 418 g/mol. The van der Waals surface area contributed by atoms with Crippen molar-refractivity contribution < 1.29 is 22.7 Å². The summed E-state index contributed by atoms with van der Waals surface area (Å²) in [4.78, 5) is 17.4. The Morgan fingerprint density at radius 3 is 2.52 bits per heavy atom. The summed E-state index contributed by atoms with van der Waals surface area (Å²) in [5.74, 6) is 0.643. The molecule has 0 aliphatic carbocycles. The van der Waals surface area contributed by atoms with Gasteiger partial charge in [-0.3, -0.25) is 9.78 Å². The van der Waals surface area contributed by atoms with E-state index in [0.29, 0.717) is 35.5 Å². The second-order valence-electron chi connectivity index (χ2n) is 7.20. The first-order valence-electron chi connectivity index (χ1n) is 9.83. The third-order valence-electron chi connectivity index (χ3n) is 5.31. The van der Waals surface area contributed by atoms with Crippen molar-refractivity contribution in [3.63, 3.8) is 0 Å². The van der Waals surface area contributed by atoms with Gasteiger partial charge < -0.3 is 14.8 Å². The van der Waals surface area contributed by atoms with Crippen molar-refractivity contribution in [2.45, 2.75) is 23.8 Å². The number of pyridine rings is 1. The Morgan fingerprint density at radius 1 is 1.10 bits per heavy atom. The monoisotopic (exact) mass is 441 g/mol. The molecule has 1 saturated heterocycles. The van der Waals surface area contributed by atoms with Crippen molar-refractivity contribution >= 4 is 32.5 Å². The van der Waals surface area contributed by atoms with Crippen molar-refractivity contribution in [1.29, 1.82) is 0 Å². The van der Waals surface area contributed by atoms with Crippen LogP contribution in [0.1, 0.15) is 12.8 Å². The van der Waals surface area contributed by atoms with E-state index >= 15 is 0 Å². The minimum absolute atomic E-state index is 0.105. The van der Waals surface area contributed by atoms with Crippen LogP contribution in [0.2, 0.25) is 0 Å². The van der Waals surface area contributed by atoms with Gasteiger partial charge in [-0.15, -0.1) is 0 Å². The van der Waals surface area contributed by atoms with Crippen LogP contribution in [0.25, 0.3) is 10.9 Å². The highest BCUT2D eigenvalue weighted by Crippen LogP contribution is 2.31. The molecule has 4 rings (SSSR count). The molecule has 1 N–H and O–H groups in total. The summed E-state index contributed by atoms with van der Waals surface area (Å²) in [6.45, 7) is 0.269. The standard InChI is InChI=1S/C22H23N3O5S/c1-29-17-12-16(13-18(14-17)30-2)24-22(26)19-8-5-11-25(19)31(27,28)20-9-3-6-15-7-4-10-23-21(15)20/h3-4,6-7,9-10,12-14,19H,5,8,11H2,1-2H3,(H,24,26). The Balaban J connectivity index is 1.64. The maximum absolute atomic E-state index is 13.5. The van der Waals surface area contributed by atoms with E-state index in [2.05, 4.69) is 10.3 Å². The number of hydrogen-bond donors (Lipinski definition) is 1. The van der Waals surface area contributed by atoms with E-state index in [-0.39, 0.29) is 11.4 Å². The van der Waals surface area contributed by atoms with Crippen LogP contribution in [0.3, 0.4) is 0 Å². The van der Waals surface area contributed by atoms with Gasteiger partial charge in [-0.25, -0.2) is 8.42 Å². The predicted molar refractivity (Wildman–Crippen MR) is 117 cm³/mol. The van der Waals surface area contributed by atoms with Crippen LogP contribution < -0.4 is 14.8 Å². The first kappa shape index (κ1) is 21.1. The lowest BCUT2D eigenvalue weighted by molar-refractivity contribution is -0.119. The quantitative estimate of drug-likeness (QED) is 0.631. The summed E-state index contributed by atoms with van der Waals surface area (Å²) in [6.07, 6.45) is 2.59. The summed E-state index contributed by atoms with van der Waals surface area (Å²) >= 11 is 0. The van der Waals surface area contributed by atoms with Crippen molar-refractivity contribution in [3.8, 4) is 11.5 Å². The number of anilines is 1. The molecule has 1 aliphatic rings. The Hall–Kier alpha value is -3.17. The summed E-state index contributed by atoms with van der Waals surface area (Å²) < 4.78 is 38.7. The highest BCUT2D eigenvalue weighted by molar-refractivity contribution is 7.89. The van der Waals surface area contributed by atoms with Gasteiger partial charge in [0.25, 0.3) is 0 Å². The number of nitrogens with zero attached hydrogens (tertiary/aromatic N) is 2. The Bertz CT molecular complexity index is 1200. The molecule has 3 aromatic rings. The summed E-state index contributed by atoms with van der Waals surface area (Å²) in [5.41, 5.74) is 0.867. The summed E-state index contributed by atoms with van der Waals surface area (Å²) in [6, 6.07) is 12.8. The zero-order valence-corrected chi connectivity index (χ0v) is 18.1. The Morgan fingerprint density at radius 2 is 1.81 bits per heavy atom. The van der Waals surface area contributed by atoms with Crippen LogP contribution in [0.4, 0.5) is 5.69 Å². The van der Waals surface area contributed by atoms with Gasteiger partial charge in [-0.05, 0) is 25.0 Å². The molecule has 9 heteroatoms. The van der Waals surface area contributed by atoms with Crippen LogP contribution >= 0.6 is 0 Å². The van der Waals surface area contributed by atoms with Crippen LogP contribution in [-0.2, 0) is 14.8 Å². The zero-order valence-electron chi connectivity index (χ0n) is 17.2. The van der Waals surface area contributed by atoms with E-state index in [4.69, 9.17) is 9.47 Å². The van der Waals surface area contributed by atoms with E-state index in [0.717, 1.165) is 5.39 Å². The van der Waals surface area contributed by atoms with Crippen molar-refractivity contribution in [2.75, 3.05) is 26.1 Å². The summed E-state index contributed by atoms with van der Waals surface area (Å²) in [5, 5.41) is 3.53. The number of sulfonamides is 1. The van der Waals surface area contributed by atoms with Gasteiger partial charge in [0.2, 0.25) is 15.9 Å². The molecule has 0 bridgehead atoms. The SMILES string of the molecule is COc1cc(NC(=O)C2CCCN2S(=O)(=O)c2cccc3cccnc23)cc(OC)c1. The molecule has 162 valence electrons. The lowest BCUT2D eigenvalue weighted by atomic mass is 10.2. The van der Waals surface area contributed by atoms with Gasteiger partial charge in [0, 0.05) is 42.0 Å². The molecule has 2 heterocycles. The van der Waals surface area contributed by atoms with Gasteiger partial charge in [0.1, 0.15) is 22.4 Å². The van der Waals surface area contributed by atoms with E-state index < -0.39 is 22.0 Å². The number of rotatable bonds is 6. The molecule has 0 radical (unpaired) electrons. The Kier molecular flexibility index (Phi) is 5.79. The zero-order chi connectivity index (χ0) is 22.0. The molecule has 8 nitrogen and oxygen atoms in total. The topological polar surface area (TPSA) is 97.8 Å². The largest absolute Gasteiger partial charge is 0.497 e.